The smallest absolute Gasteiger partial charge is 0.251 e. The minimum Gasteiger partial charge on any atom is -0.399 e. The highest BCUT2D eigenvalue weighted by atomic mass is 32.1. The lowest BCUT2D eigenvalue weighted by molar-refractivity contribution is -0.120. The summed E-state index contributed by atoms with van der Waals surface area (Å²) in [5, 5.41) is 10.2. The molecule has 9 nitrogen and oxygen atoms in total. The Balaban J connectivity index is 1.39. The molecule has 0 atom stereocenters. The fraction of sp³-hybridized carbons (Fsp3) is 0.115. The second-order valence-electron chi connectivity index (χ2n) is 7.86. The molecule has 0 radical (unpaired) electrons. The molecular weight excluding hydrogens is 476 g/mol. The number of nitrogen functional groups attached to an aromatic ring is 1. The molecule has 0 unspecified atom stereocenters. The standard InChI is InChI=1S/C26H24N6O3S/c1-28-23(33)13-21-12-18(9-10-29-21)17-3-2-4-19(11-17)22-15-36-26(31-22)32-24(34)14-30-25(35)16-5-7-20(27)8-6-16/h2-12,15H,13-14,27H2,1H3,(H,28,33)(H,30,35)(H,31,32,34). The number of hydrogen-bond donors (Lipinski definition) is 4. The molecule has 4 rings (SSSR count). The predicted octanol–water partition coefficient (Wildman–Crippen LogP) is 3.11. The second kappa shape index (κ2) is 11.2. The number of rotatable bonds is 8. The van der Waals surface area contributed by atoms with Gasteiger partial charge in [0.25, 0.3) is 5.91 Å². The predicted molar refractivity (Wildman–Crippen MR) is 140 cm³/mol. The lowest BCUT2D eigenvalue weighted by Gasteiger charge is -2.07. The number of carbonyl (C=O) groups is 3. The molecule has 182 valence electrons. The van der Waals surface area contributed by atoms with Crippen LogP contribution in [0.4, 0.5) is 10.8 Å². The van der Waals surface area contributed by atoms with Crippen LogP contribution in [-0.2, 0) is 16.0 Å². The summed E-state index contributed by atoms with van der Waals surface area (Å²) < 4.78 is 0. The third-order valence-electron chi connectivity index (χ3n) is 5.26. The van der Waals surface area contributed by atoms with Gasteiger partial charge in [0, 0.05) is 35.4 Å². The first-order chi connectivity index (χ1) is 17.4. The third-order valence-corrected chi connectivity index (χ3v) is 6.02. The Hall–Kier alpha value is -4.57. The van der Waals surface area contributed by atoms with E-state index in [4.69, 9.17) is 5.73 Å². The molecule has 0 saturated heterocycles. The van der Waals surface area contributed by atoms with E-state index in [0.29, 0.717) is 27.8 Å². The summed E-state index contributed by atoms with van der Waals surface area (Å²) in [5.41, 5.74) is 10.8. The van der Waals surface area contributed by atoms with Crippen molar-refractivity contribution in [2.24, 2.45) is 0 Å². The van der Waals surface area contributed by atoms with Gasteiger partial charge in [-0.3, -0.25) is 19.4 Å². The molecule has 0 bridgehead atoms. The fourth-order valence-electron chi connectivity index (χ4n) is 3.39. The molecule has 10 heteroatoms. The molecule has 3 amide bonds. The van der Waals surface area contributed by atoms with Crippen molar-refractivity contribution in [2.45, 2.75) is 6.42 Å². The van der Waals surface area contributed by atoms with Crippen LogP contribution in [0.25, 0.3) is 22.4 Å². The third kappa shape index (κ3) is 6.30. The lowest BCUT2D eigenvalue weighted by Crippen LogP contribution is -2.32. The summed E-state index contributed by atoms with van der Waals surface area (Å²) in [4.78, 5) is 44.9. The Morgan fingerprint density at radius 2 is 1.69 bits per heavy atom. The summed E-state index contributed by atoms with van der Waals surface area (Å²) in [7, 11) is 1.60. The topological polar surface area (TPSA) is 139 Å². The van der Waals surface area contributed by atoms with E-state index in [1.54, 1.807) is 37.5 Å². The minimum atomic E-state index is -0.381. The van der Waals surface area contributed by atoms with Gasteiger partial charge in [0.05, 0.1) is 24.4 Å². The molecule has 0 aliphatic rings. The molecule has 0 aliphatic carbocycles. The Morgan fingerprint density at radius 1 is 0.944 bits per heavy atom. The number of carbonyl (C=O) groups excluding carboxylic acids is 3. The van der Waals surface area contributed by atoms with Gasteiger partial charge in [0.15, 0.2) is 5.13 Å². The van der Waals surface area contributed by atoms with Crippen molar-refractivity contribution in [2.75, 3.05) is 24.6 Å². The second-order valence-corrected chi connectivity index (χ2v) is 8.72. The van der Waals surface area contributed by atoms with Crippen molar-refractivity contribution in [3.63, 3.8) is 0 Å². The molecule has 0 saturated carbocycles. The van der Waals surface area contributed by atoms with Crippen molar-refractivity contribution >= 4 is 39.9 Å². The summed E-state index contributed by atoms with van der Waals surface area (Å²) in [5.74, 6) is -0.847. The first kappa shape index (κ1) is 24.6. The van der Waals surface area contributed by atoms with Gasteiger partial charge in [0.2, 0.25) is 11.8 Å². The van der Waals surface area contributed by atoms with Gasteiger partial charge < -0.3 is 21.7 Å². The molecule has 5 N–H and O–H groups in total. The molecule has 2 heterocycles. The first-order valence-electron chi connectivity index (χ1n) is 11.1. The van der Waals surface area contributed by atoms with E-state index in [1.807, 2.05) is 41.8 Å². The van der Waals surface area contributed by atoms with Crippen LogP contribution >= 0.6 is 11.3 Å². The molecule has 36 heavy (non-hydrogen) atoms. The zero-order chi connectivity index (χ0) is 25.5. The maximum absolute atomic E-state index is 12.3. The van der Waals surface area contributed by atoms with Gasteiger partial charge in [-0.2, -0.15) is 0 Å². The molecule has 0 spiro atoms. The van der Waals surface area contributed by atoms with Crippen molar-refractivity contribution in [1.29, 1.82) is 0 Å². The van der Waals surface area contributed by atoms with Crippen LogP contribution in [0.2, 0.25) is 0 Å². The quantitative estimate of drug-likeness (QED) is 0.274. The minimum absolute atomic E-state index is 0.102. The van der Waals surface area contributed by atoms with Gasteiger partial charge in [-0.25, -0.2) is 4.98 Å². The van der Waals surface area contributed by atoms with E-state index in [9.17, 15) is 14.4 Å². The number of aromatic nitrogens is 2. The summed E-state index contributed by atoms with van der Waals surface area (Å²) >= 11 is 1.29. The highest BCUT2D eigenvalue weighted by Gasteiger charge is 2.12. The van der Waals surface area contributed by atoms with Gasteiger partial charge in [-0.05, 0) is 53.6 Å². The zero-order valence-electron chi connectivity index (χ0n) is 19.4. The molecule has 2 aromatic heterocycles. The highest BCUT2D eigenvalue weighted by molar-refractivity contribution is 7.14. The number of benzene rings is 2. The Kier molecular flexibility index (Phi) is 7.66. The summed E-state index contributed by atoms with van der Waals surface area (Å²) in [6.45, 7) is -0.186. The Bertz CT molecular complexity index is 1400. The Morgan fingerprint density at radius 3 is 2.47 bits per heavy atom. The van der Waals surface area contributed by atoms with Gasteiger partial charge >= 0.3 is 0 Å². The maximum atomic E-state index is 12.3. The number of nitrogens with two attached hydrogens (primary N) is 1. The van der Waals surface area contributed by atoms with Gasteiger partial charge in [-0.15, -0.1) is 11.3 Å². The van der Waals surface area contributed by atoms with Crippen molar-refractivity contribution in [3.05, 3.63) is 83.5 Å². The summed E-state index contributed by atoms with van der Waals surface area (Å²) in [6.07, 6.45) is 1.89. The van der Waals surface area contributed by atoms with Crippen LogP contribution in [0.5, 0.6) is 0 Å². The van der Waals surface area contributed by atoms with E-state index < -0.39 is 0 Å². The molecule has 2 aromatic carbocycles. The molecule has 0 fully saturated rings. The van der Waals surface area contributed by atoms with Crippen molar-refractivity contribution in [1.82, 2.24) is 20.6 Å². The van der Waals surface area contributed by atoms with E-state index in [-0.39, 0.29) is 30.7 Å². The fourth-order valence-corrected chi connectivity index (χ4v) is 4.13. The van der Waals surface area contributed by atoms with Crippen LogP contribution in [0.1, 0.15) is 16.1 Å². The maximum Gasteiger partial charge on any atom is 0.251 e. The normalized spacial score (nSPS) is 10.5. The number of likely N-dealkylation sites (N-methyl/N-ethyl adjacent to an activating group) is 1. The number of nitrogens with one attached hydrogen (secondary N) is 3. The average Bonchev–Trinajstić information content (AvgIpc) is 3.36. The lowest BCUT2D eigenvalue weighted by atomic mass is 10.0. The first-order valence-corrected chi connectivity index (χ1v) is 11.9. The number of anilines is 2. The number of pyridine rings is 1. The summed E-state index contributed by atoms with van der Waals surface area (Å²) in [6, 6.07) is 18.0. The van der Waals surface area contributed by atoms with Crippen molar-refractivity contribution < 1.29 is 14.4 Å². The van der Waals surface area contributed by atoms with Gasteiger partial charge in [-0.1, -0.05) is 18.2 Å². The molecular formula is C26H24N6O3S. The number of amides is 3. The Labute approximate surface area is 211 Å². The van der Waals surface area contributed by atoms with Gasteiger partial charge in [0.1, 0.15) is 0 Å². The van der Waals surface area contributed by atoms with Crippen LogP contribution in [-0.4, -0.2) is 41.3 Å². The highest BCUT2D eigenvalue weighted by Crippen LogP contribution is 2.29. The van der Waals surface area contributed by atoms with Crippen LogP contribution in [0.15, 0.2) is 72.2 Å². The van der Waals surface area contributed by atoms with Crippen molar-refractivity contribution in [3.8, 4) is 22.4 Å². The zero-order valence-corrected chi connectivity index (χ0v) is 20.3. The van der Waals surface area contributed by atoms with E-state index in [2.05, 4.69) is 25.9 Å². The van der Waals surface area contributed by atoms with Crippen LogP contribution in [0, 0.1) is 0 Å². The van der Waals surface area contributed by atoms with Crippen LogP contribution in [0.3, 0.4) is 0 Å². The van der Waals surface area contributed by atoms with E-state index in [0.717, 1.165) is 16.7 Å². The van der Waals surface area contributed by atoms with E-state index in [1.165, 1.54) is 11.3 Å². The number of thiazole rings is 1. The van der Waals surface area contributed by atoms with E-state index >= 15 is 0 Å². The largest absolute Gasteiger partial charge is 0.399 e. The number of nitrogens with zero attached hydrogens (tertiary/aromatic N) is 2. The molecule has 4 aromatic rings. The average molecular weight is 501 g/mol. The molecule has 0 aliphatic heterocycles. The monoisotopic (exact) mass is 500 g/mol. The van der Waals surface area contributed by atoms with Crippen LogP contribution < -0.4 is 21.7 Å². The number of hydrogen-bond acceptors (Lipinski definition) is 7. The SMILES string of the molecule is CNC(=O)Cc1cc(-c2cccc(-c3csc(NC(=O)CNC(=O)c4ccc(N)cc4)n3)c2)ccn1.